The molecule has 6 nitrogen and oxygen atoms in total. The van der Waals surface area contributed by atoms with E-state index in [-0.39, 0.29) is 30.5 Å². The van der Waals surface area contributed by atoms with Crippen molar-refractivity contribution in [2.45, 2.75) is 49.9 Å². The van der Waals surface area contributed by atoms with Crippen molar-refractivity contribution in [1.82, 2.24) is 9.78 Å². The number of carbonyl (C=O) groups excluding carboxylic acids is 1. The van der Waals surface area contributed by atoms with Crippen molar-refractivity contribution < 1.29 is 41.0 Å². The van der Waals surface area contributed by atoms with Crippen LogP contribution in [0.3, 0.4) is 0 Å². The summed E-state index contributed by atoms with van der Waals surface area (Å²) in [4.78, 5) is 13.3. The Kier molecular flexibility index (Phi) is 5.28. The van der Waals surface area contributed by atoms with Gasteiger partial charge in [0.1, 0.15) is 0 Å². The highest BCUT2D eigenvalue weighted by molar-refractivity contribution is 5.96. The molecule has 4 atom stereocenters. The summed E-state index contributed by atoms with van der Waals surface area (Å²) in [7, 11) is 1.33. The normalized spacial score (nSPS) is 27.7. The van der Waals surface area contributed by atoms with E-state index in [4.69, 9.17) is 4.74 Å². The van der Waals surface area contributed by atoms with Crippen LogP contribution in [0, 0.1) is 5.41 Å². The number of aliphatic hydroxyl groups excluding tert-OH is 1. The fourth-order valence-electron chi connectivity index (χ4n) is 4.51. The third-order valence-corrected chi connectivity index (χ3v) is 6.01. The molecule has 174 valence electrons. The van der Waals surface area contributed by atoms with Gasteiger partial charge in [-0.25, -0.2) is 0 Å². The number of ether oxygens (including phenoxy) is 1. The first-order valence-electron chi connectivity index (χ1n) is 9.71. The first-order valence-corrected chi connectivity index (χ1v) is 9.71. The summed E-state index contributed by atoms with van der Waals surface area (Å²) in [5, 5.41) is 16.0. The molecule has 2 N–H and O–H groups in total. The Labute approximate surface area is 178 Å². The Morgan fingerprint density at radius 1 is 1.22 bits per heavy atom. The third-order valence-electron chi connectivity index (χ3n) is 6.01. The van der Waals surface area contributed by atoms with Gasteiger partial charge >= 0.3 is 12.4 Å². The van der Waals surface area contributed by atoms with Crippen molar-refractivity contribution >= 4 is 11.6 Å². The van der Waals surface area contributed by atoms with Crippen molar-refractivity contribution in [3.05, 3.63) is 47.3 Å². The van der Waals surface area contributed by atoms with Crippen molar-refractivity contribution in [3.63, 3.8) is 0 Å². The smallest absolute Gasteiger partial charge is 0.390 e. The van der Waals surface area contributed by atoms with E-state index in [0.29, 0.717) is 0 Å². The van der Waals surface area contributed by atoms with Crippen LogP contribution in [0.1, 0.15) is 29.7 Å². The quantitative estimate of drug-likeness (QED) is 0.681. The van der Waals surface area contributed by atoms with E-state index in [9.17, 15) is 36.2 Å². The van der Waals surface area contributed by atoms with Gasteiger partial charge in [-0.3, -0.25) is 9.48 Å². The number of fused-ring (bicyclic) bond motifs is 2. The number of aryl methyl sites for hydroxylation is 1. The Morgan fingerprint density at radius 3 is 2.38 bits per heavy atom. The minimum absolute atomic E-state index is 0.0303. The Balaban J connectivity index is 1.64. The molecule has 1 aromatic carbocycles. The molecule has 1 aromatic heterocycles. The average molecular weight is 463 g/mol. The fraction of sp³-hybridized carbons (Fsp3) is 0.500. The monoisotopic (exact) mass is 463 g/mol. The number of hydrogen-bond donors (Lipinski definition) is 2. The number of nitrogens with zero attached hydrogens (tertiary/aromatic N) is 2. The molecule has 0 unspecified atom stereocenters. The molecule has 4 rings (SSSR count). The number of anilines is 1. The van der Waals surface area contributed by atoms with E-state index in [1.807, 2.05) is 0 Å². The molecule has 2 aromatic rings. The van der Waals surface area contributed by atoms with Crippen LogP contribution < -0.4 is 5.32 Å². The number of aliphatic hydroxyl groups is 1. The summed E-state index contributed by atoms with van der Waals surface area (Å²) in [6.45, 7) is 0. The molecule has 3 heterocycles. The number of benzene rings is 1. The largest absolute Gasteiger partial charge is 0.435 e. The predicted octanol–water partition coefficient (Wildman–Crippen LogP) is 3.55. The van der Waals surface area contributed by atoms with Gasteiger partial charge in [0, 0.05) is 30.9 Å². The minimum atomic E-state index is -4.74. The molecule has 0 spiro atoms. The van der Waals surface area contributed by atoms with Gasteiger partial charge in [0.05, 0.1) is 29.3 Å². The first-order chi connectivity index (χ1) is 14.8. The highest BCUT2D eigenvalue weighted by Gasteiger charge is 2.60. The second-order valence-electron chi connectivity index (χ2n) is 8.21. The molecule has 1 amide bonds. The highest BCUT2D eigenvalue weighted by atomic mass is 19.4. The number of carbonyl (C=O) groups is 1. The first kappa shape index (κ1) is 22.6. The van der Waals surface area contributed by atoms with Crippen LogP contribution in [0.5, 0.6) is 0 Å². The van der Waals surface area contributed by atoms with Gasteiger partial charge in [-0.2, -0.15) is 31.4 Å². The van der Waals surface area contributed by atoms with Crippen LogP contribution >= 0.6 is 0 Å². The molecule has 0 radical (unpaired) electrons. The van der Waals surface area contributed by atoms with Crippen LogP contribution in [-0.4, -0.2) is 39.1 Å². The molecule has 2 fully saturated rings. The summed E-state index contributed by atoms with van der Waals surface area (Å²) < 4.78 is 85.4. The molecule has 32 heavy (non-hydrogen) atoms. The standard InChI is InChI=1S/C20H19F6N3O3/c1-29-9-10(16(28-29)20(24,25)26)7-18(8-14-13(30)6-15(18)32-14)17(31)27-12-4-2-11(3-5-12)19(21,22)23/h2-5,9,13-15,30H,6-8H2,1H3,(H,27,31)/t13-,14+,15+,18-/m0/s1. The number of halogens is 6. The van der Waals surface area contributed by atoms with Gasteiger partial charge < -0.3 is 15.2 Å². The van der Waals surface area contributed by atoms with Gasteiger partial charge in [0.15, 0.2) is 5.69 Å². The molecule has 2 saturated heterocycles. The Bertz CT molecular complexity index is 1020. The molecule has 0 saturated carbocycles. The average Bonchev–Trinajstić information content (AvgIpc) is 3.33. The van der Waals surface area contributed by atoms with E-state index in [2.05, 4.69) is 10.4 Å². The van der Waals surface area contributed by atoms with Gasteiger partial charge in [-0.15, -0.1) is 0 Å². The van der Waals surface area contributed by atoms with Crippen molar-refractivity contribution in [1.29, 1.82) is 0 Å². The molecule has 2 aliphatic rings. The summed E-state index contributed by atoms with van der Waals surface area (Å²) in [6.07, 6.45) is -10.8. The SMILES string of the molecule is Cn1cc(C[C@]2(C(=O)Nc3ccc(C(F)(F)F)cc3)C[C@H]3O[C@@H]2C[C@@H]3O)c(C(F)(F)F)n1. The van der Waals surface area contributed by atoms with Crippen molar-refractivity contribution in [3.8, 4) is 0 Å². The zero-order chi connectivity index (χ0) is 23.5. The summed E-state index contributed by atoms with van der Waals surface area (Å²) in [6, 6.07) is 3.74. The number of aromatic nitrogens is 2. The Morgan fingerprint density at radius 2 is 1.88 bits per heavy atom. The van der Waals surface area contributed by atoms with E-state index in [0.717, 1.165) is 28.9 Å². The van der Waals surface area contributed by atoms with E-state index in [1.54, 1.807) is 0 Å². The van der Waals surface area contributed by atoms with Gasteiger partial charge in [0.25, 0.3) is 0 Å². The zero-order valence-electron chi connectivity index (χ0n) is 16.7. The summed E-state index contributed by atoms with van der Waals surface area (Å²) >= 11 is 0. The van der Waals surface area contributed by atoms with E-state index in [1.165, 1.54) is 13.2 Å². The van der Waals surface area contributed by atoms with E-state index >= 15 is 0 Å². The van der Waals surface area contributed by atoms with Crippen LogP contribution in [0.2, 0.25) is 0 Å². The van der Waals surface area contributed by atoms with Gasteiger partial charge in [-0.05, 0) is 37.1 Å². The van der Waals surface area contributed by atoms with Crippen LogP contribution in [0.15, 0.2) is 30.5 Å². The highest BCUT2D eigenvalue weighted by Crippen LogP contribution is 2.51. The maximum absolute atomic E-state index is 13.5. The zero-order valence-corrected chi connectivity index (χ0v) is 16.7. The lowest BCUT2D eigenvalue weighted by molar-refractivity contribution is -0.143. The molecule has 2 bridgehead atoms. The minimum Gasteiger partial charge on any atom is -0.390 e. The maximum atomic E-state index is 13.5. The number of amides is 1. The third kappa shape index (κ3) is 3.96. The molecule has 2 aliphatic heterocycles. The molecular formula is C20H19F6N3O3. The van der Waals surface area contributed by atoms with Crippen LogP contribution in [-0.2, 0) is 35.4 Å². The number of nitrogens with one attached hydrogen (secondary N) is 1. The summed E-state index contributed by atoms with van der Waals surface area (Å²) in [5.41, 5.74) is -3.61. The lowest BCUT2D eigenvalue weighted by Gasteiger charge is -2.35. The second-order valence-corrected chi connectivity index (χ2v) is 8.21. The van der Waals surface area contributed by atoms with Crippen molar-refractivity contribution in [2.75, 3.05) is 5.32 Å². The van der Waals surface area contributed by atoms with Crippen LogP contribution in [0.4, 0.5) is 32.0 Å². The Hall–Kier alpha value is -2.60. The number of rotatable bonds is 4. The lowest BCUT2D eigenvalue weighted by atomic mass is 9.68. The van der Waals surface area contributed by atoms with E-state index < -0.39 is 53.2 Å². The molecule has 12 heteroatoms. The topological polar surface area (TPSA) is 76.4 Å². The molecule has 0 aliphatic carbocycles. The fourth-order valence-corrected chi connectivity index (χ4v) is 4.51. The lowest BCUT2D eigenvalue weighted by Crippen LogP contribution is -2.48. The molecular weight excluding hydrogens is 444 g/mol. The number of alkyl halides is 6. The maximum Gasteiger partial charge on any atom is 0.435 e. The second kappa shape index (κ2) is 7.48. The predicted molar refractivity (Wildman–Crippen MR) is 98.3 cm³/mol. The van der Waals surface area contributed by atoms with Crippen molar-refractivity contribution in [2.24, 2.45) is 12.5 Å². The van der Waals surface area contributed by atoms with Crippen LogP contribution in [0.25, 0.3) is 0 Å². The van der Waals surface area contributed by atoms with Gasteiger partial charge in [0.2, 0.25) is 5.91 Å². The van der Waals surface area contributed by atoms with Gasteiger partial charge in [-0.1, -0.05) is 0 Å². The summed E-state index contributed by atoms with van der Waals surface area (Å²) in [5.74, 6) is -0.686. The number of hydrogen-bond acceptors (Lipinski definition) is 4.